The fraction of sp³-hybridized carbons (Fsp3) is 0.533. The van der Waals surface area contributed by atoms with E-state index in [9.17, 15) is 13.2 Å². The molecule has 22 heavy (non-hydrogen) atoms. The first-order valence-corrected chi connectivity index (χ1v) is 8.93. The van der Waals surface area contributed by atoms with Crippen molar-refractivity contribution in [2.24, 2.45) is 0 Å². The van der Waals surface area contributed by atoms with Gasteiger partial charge in [0.15, 0.2) is 0 Å². The highest BCUT2D eigenvalue weighted by atomic mass is 32.2. The molecule has 1 aliphatic heterocycles. The molecule has 3 rings (SSSR count). The molecular weight excluding hydrogens is 304 g/mol. The first-order valence-electron chi connectivity index (χ1n) is 7.49. The molecule has 0 aromatic heterocycles. The lowest BCUT2D eigenvalue weighted by Gasteiger charge is -2.32. The van der Waals surface area contributed by atoms with Crippen LogP contribution in [0.3, 0.4) is 0 Å². The van der Waals surface area contributed by atoms with E-state index < -0.39 is 10.0 Å². The maximum absolute atomic E-state index is 12.6. The largest absolute Gasteiger partial charge is 0.378 e. The number of benzene rings is 1. The number of ether oxygens (including phenoxy) is 1. The first-order chi connectivity index (χ1) is 10.5. The molecule has 1 N–H and O–H groups in total. The van der Waals surface area contributed by atoms with Crippen molar-refractivity contribution in [1.82, 2.24) is 9.62 Å². The summed E-state index contributed by atoms with van der Waals surface area (Å²) in [6.45, 7) is 2.99. The second kappa shape index (κ2) is 5.98. The number of carbonyl (C=O) groups excluding carboxylic acids is 1. The van der Waals surface area contributed by atoms with Crippen LogP contribution in [0, 0.1) is 0 Å². The Morgan fingerprint density at radius 1 is 1.27 bits per heavy atom. The molecule has 1 saturated heterocycles. The first kappa shape index (κ1) is 15.5. The smallest absolute Gasteiger partial charge is 0.251 e. The number of hydrogen-bond acceptors (Lipinski definition) is 4. The molecule has 1 aromatic carbocycles. The molecule has 0 spiro atoms. The summed E-state index contributed by atoms with van der Waals surface area (Å²) in [5, 5.41) is 2.88. The average Bonchev–Trinajstić information content (AvgIpc) is 3.31. The summed E-state index contributed by atoms with van der Waals surface area (Å²) in [6.07, 6.45) is 2.04. The van der Waals surface area contributed by atoms with Crippen LogP contribution in [0.25, 0.3) is 0 Å². The second-order valence-corrected chi connectivity index (χ2v) is 7.70. The molecule has 120 valence electrons. The van der Waals surface area contributed by atoms with Gasteiger partial charge in [0, 0.05) is 24.2 Å². The Labute approximate surface area is 130 Å². The zero-order valence-electron chi connectivity index (χ0n) is 12.5. The van der Waals surface area contributed by atoms with Gasteiger partial charge in [-0.25, -0.2) is 8.42 Å². The third kappa shape index (κ3) is 3.16. The zero-order chi connectivity index (χ0) is 15.7. The summed E-state index contributed by atoms with van der Waals surface area (Å²) < 4.78 is 32.0. The van der Waals surface area contributed by atoms with Gasteiger partial charge in [-0.15, -0.1) is 0 Å². The Morgan fingerprint density at radius 3 is 2.55 bits per heavy atom. The number of sulfonamides is 1. The molecule has 2 fully saturated rings. The average molecular weight is 324 g/mol. The Kier molecular flexibility index (Phi) is 4.20. The molecular formula is C15H20N2O4S. The van der Waals surface area contributed by atoms with Gasteiger partial charge >= 0.3 is 0 Å². The Bertz CT molecular complexity index is 653. The molecule has 1 aliphatic carbocycles. The highest BCUT2D eigenvalue weighted by molar-refractivity contribution is 7.89. The van der Waals surface area contributed by atoms with Gasteiger partial charge in [0.1, 0.15) is 0 Å². The van der Waals surface area contributed by atoms with Crippen molar-refractivity contribution in [2.45, 2.75) is 36.7 Å². The molecule has 7 heteroatoms. The van der Waals surface area contributed by atoms with Gasteiger partial charge in [0.2, 0.25) is 10.0 Å². The molecule has 1 saturated carbocycles. The van der Waals surface area contributed by atoms with Gasteiger partial charge in [-0.05, 0) is 44.0 Å². The number of rotatable bonds is 4. The monoisotopic (exact) mass is 324 g/mol. The predicted molar refractivity (Wildman–Crippen MR) is 81.1 cm³/mol. The van der Waals surface area contributed by atoms with Gasteiger partial charge in [-0.1, -0.05) is 0 Å². The van der Waals surface area contributed by atoms with Crippen LogP contribution in [-0.4, -0.2) is 50.5 Å². The van der Waals surface area contributed by atoms with Gasteiger partial charge < -0.3 is 10.1 Å². The quantitative estimate of drug-likeness (QED) is 0.896. The molecule has 2 aliphatic rings. The lowest BCUT2D eigenvalue weighted by molar-refractivity contribution is 0.0393. The van der Waals surface area contributed by atoms with Crippen LogP contribution in [0.15, 0.2) is 29.2 Å². The van der Waals surface area contributed by atoms with E-state index in [2.05, 4.69) is 5.32 Å². The normalized spacial score (nSPS) is 23.2. The molecule has 1 heterocycles. The molecule has 0 radical (unpaired) electrons. The van der Waals surface area contributed by atoms with Crippen LogP contribution in [0.2, 0.25) is 0 Å². The summed E-state index contributed by atoms with van der Waals surface area (Å²) >= 11 is 0. The van der Waals surface area contributed by atoms with E-state index in [1.165, 1.54) is 16.4 Å². The number of hydrogen-bond donors (Lipinski definition) is 1. The fourth-order valence-electron chi connectivity index (χ4n) is 2.48. The summed E-state index contributed by atoms with van der Waals surface area (Å²) in [6, 6.07) is 6.23. The highest BCUT2D eigenvalue weighted by Gasteiger charge is 2.31. The van der Waals surface area contributed by atoms with Crippen LogP contribution < -0.4 is 5.32 Å². The number of carbonyl (C=O) groups is 1. The van der Waals surface area contributed by atoms with Crippen LogP contribution in [0.5, 0.6) is 0 Å². The van der Waals surface area contributed by atoms with Crippen molar-refractivity contribution in [2.75, 3.05) is 19.8 Å². The molecule has 1 aromatic rings. The highest BCUT2D eigenvalue weighted by Crippen LogP contribution is 2.22. The SMILES string of the molecule is CC1COCCN1S(=O)(=O)c1ccc(C(=O)NC2CC2)cc1. The van der Waals surface area contributed by atoms with E-state index in [0.29, 0.717) is 25.3 Å². The van der Waals surface area contributed by atoms with Crippen molar-refractivity contribution in [3.05, 3.63) is 29.8 Å². The van der Waals surface area contributed by atoms with Crippen molar-refractivity contribution >= 4 is 15.9 Å². The van der Waals surface area contributed by atoms with E-state index in [-0.39, 0.29) is 22.9 Å². The Hall–Kier alpha value is -1.44. The minimum Gasteiger partial charge on any atom is -0.378 e. The molecule has 0 bridgehead atoms. The zero-order valence-corrected chi connectivity index (χ0v) is 13.3. The maximum Gasteiger partial charge on any atom is 0.251 e. The van der Waals surface area contributed by atoms with Crippen LogP contribution >= 0.6 is 0 Å². The van der Waals surface area contributed by atoms with Crippen molar-refractivity contribution in [3.8, 4) is 0 Å². The maximum atomic E-state index is 12.6. The molecule has 6 nitrogen and oxygen atoms in total. The number of nitrogens with one attached hydrogen (secondary N) is 1. The number of amides is 1. The van der Waals surface area contributed by atoms with Crippen LogP contribution in [0.1, 0.15) is 30.1 Å². The fourth-order valence-corrected chi connectivity index (χ4v) is 4.08. The van der Waals surface area contributed by atoms with E-state index in [1.807, 2.05) is 6.92 Å². The minimum atomic E-state index is -3.54. The summed E-state index contributed by atoms with van der Waals surface area (Å²) in [5.74, 6) is -0.147. The summed E-state index contributed by atoms with van der Waals surface area (Å²) in [4.78, 5) is 12.1. The van der Waals surface area contributed by atoms with Gasteiger partial charge in [0.05, 0.1) is 18.1 Å². The van der Waals surface area contributed by atoms with Crippen molar-refractivity contribution in [3.63, 3.8) is 0 Å². The van der Waals surface area contributed by atoms with Crippen molar-refractivity contribution in [1.29, 1.82) is 0 Å². The minimum absolute atomic E-state index is 0.147. The van der Waals surface area contributed by atoms with Gasteiger partial charge in [-0.3, -0.25) is 4.79 Å². The third-order valence-corrected chi connectivity index (χ3v) is 5.97. The topological polar surface area (TPSA) is 75.7 Å². The van der Waals surface area contributed by atoms with Crippen LogP contribution in [0.4, 0.5) is 0 Å². The molecule has 1 amide bonds. The summed E-state index contributed by atoms with van der Waals surface area (Å²) in [7, 11) is -3.54. The van der Waals surface area contributed by atoms with E-state index in [4.69, 9.17) is 4.74 Å². The standard InChI is InChI=1S/C15H20N2O4S/c1-11-10-21-9-8-17(11)22(19,20)14-6-2-12(3-7-14)15(18)16-13-4-5-13/h2-3,6-7,11,13H,4-5,8-10H2,1H3,(H,16,18). The van der Waals surface area contributed by atoms with Gasteiger partial charge in [0.25, 0.3) is 5.91 Å². The Balaban J connectivity index is 1.77. The second-order valence-electron chi connectivity index (χ2n) is 5.81. The lowest BCUT2D eigenvalue weighted by atomic mass is 10.2. The number of morpholine rings is 1. The van der Waals surface area contributed by atoms with E-state index in [1.54, 1.807) is 12.1 Å². The predicted octanol–water partition coefficient (Wildman–Crippen LogP) is 0.988. The molecule has 1 atom stereocenters. The number of nitrogens with zero attached hydrogens (tertiary/aromatic N) is 1. The third-order valence-electron chi connectivity index (χ3n) is 3.94. The van der Waals surface area contributed by atoms with Crippen LogP contribution in [-0.2, 0) is 14.8 Å². The molecule has 1 unspecified atom stereocenters. The lowest BCUT2D eigenvalue weighted by Crippen LogP contribution is -2.46. The summed E-state index contributed by atoms with van der Waals surface area (Å²) in [5.41, 5.74) is 0.487. The van der Waals surface area contributed by atoms with Gasteiger partial charge in [-0.2, -0.15) is 4.31 Å². The Morgan fingerprint density at radius 2 is 1.95 bits per heavy atom. The van der Waals surface area contributed by atoms with E-state index in [0.717, 1.165) is 12.8 Å². The van der Waals surface area contributed by atoms with E-state index >= 15 is 0 Å². The van der Waals surface area contributed by atoms with Crippen molar-refractivity contribution < 1.29 is 17.9 Å².